The lowest BCUT2D eigenvalue weighted by atomic mass is 10.3. The summed E-state index contributed by atoms with van der Waals surface area (Å²) in [6.45, 7) is 4.38. The molecule has 0 heterocycles. The topological polar surface area (TPSA) is 117 Å². The van der Waals surface area contributed by atoms with E-state index in [1.165, 1.54) is 26.2 Å². The summed E-state index contributed by atoms with van der Waals surface area (Å²) in [6.07, 6.45) is 1.76. The van der Waals surface area contributed by atoms with Crippen molar-refractivity contribution in [2.75, 3.05) is 39.1 Å². The number of nitrogens with zero attached hydrogens (tertiary/aromatic N) is 1. The van der Waals surface area contributed by atoms with Gasteiger partial charge in [0.05, 0.1) is 13.2 Å². The molecule has 1 aromatic carbocycles. The second kappa shape index (κ2) is 10.7. The molecule has 0 spiro atoms. The summed E-state index contributed by atoms with van der Waals surface area (Å²) in [5.41, 5.74) is 0.417. The van der Waals surface area contributed by atoms with Crippen molar-refractivity contribution in [1.29, 1.82) is 0 Å². The number of rotatable bonds is 10. The van der Waals surface area contributed by atoms with Crippen LogP contribution in [-0.2, 0) is 14.8 Å². The molecule has 3 amide bonds. The Balaban J connectivity index is 2.78. The van der Waals surface area contributed by atoms with E-state index >= 15 is 0 Å². The lowest BCUT2D eigenvalue weighted by molar-refractivity contribution is -0.118. The SMILES string of the molecule is CCCCNC(=O)NC(=O)CNc1ccc(OCC)c(S(=O)(=O)N(C)C)c1. The van der Waals surface area contributed by atoms with Crippen LogP contribution in [0.2, 0.25) is 0 Å². The standard InChI is InChI=1S/C17H28N4O5S/c1-5-7-10-18-17(23)20-16(22)12-19-13-8-9-14(26-6-2)15(11-13)27(24,25)21(3)4/h8-9,11,19H,5-7,10,12H2,1-4H3,(H2,18,20,22,23). The monoisotopic (exact) mass is 400 g/mol. The predicted octanol–water partition coefficient (Wildman–Crippen LogP) is 1.37. The molecule has 0 aliphatic heterocycles. The Labute approximate surface area is 160 Å². The Morgan fingerprint density at radius 3 is 2.48 bits per heavy atom. The summed E-state index contributed by atoms with van der Waals surface area (Å²) >= 11 is 0. The summed E-state index contributed by atoms with van der Waals surface area (Å²) in [5, 5.41) is 7.58. The number of carbonyl (C=O) groups excluding carboxylic acids is 2. The fourth-order valence-electron chi connectivity index (χ4n) is 2.07. The lowest BCUT2D eigenvalue weighted by Crippen LogP contribution is -2.42. The zero-order valence-corrected chi connectivity index (χ0v) is 17.0. The zero-order chi connectivity index (χ0) is 20.4. The molecule has 27 heavy (non-hydrogen) atoms. The summed E-state index contributed by atoms with van der Waals surface area (Å²) in [5.74, 6) is -0.300. The maximum atomic E-state index is 12.5. The molecule has 9 nitrogen and oxygen atoms in total. The van der Waals surface area contributed by atoms with E-state index < -0.39 is 22.0 Å². The fraction of sp³-hybridized carbons (Fsp3) is 0.529. The van der Waals surface area contributed by atoms with Gasteiger partial charge in [0.15, 0.2) is 0 Å². The molecule has 0 saturated carbocycles. The Kier molecular flexibility index (Phi) is 9.03. The minimum Gasteiger partial charge on any atom is -0.492 e. The molecule has 1 aromatic rings. The van der Waals surface area contributed by atoms with Gasteiger partial charge in [-0.3, -0.25) is 10.1 Å². The second-order valence-corrected chi connectivity index (χ2v) is 8.01. The van der Waals surface area contributed by atoms with Crippen molar-refractivity contribution in [2.45, 2.75) is 31.6 Å². The predicted molar refractivity (Wildman–Crippen MR) is 103 cm³/mol. The van der Waals surface area contributed by atoms with Crippen LogP contribution < -0.4 is 20.7 Å². The lowest BCUT2D eigenvalue weighted by Gasteiger charge is -2.17. The summed E-state index contributed by atoms with van der Waals surface area (Å²) < 4.78 is 31.4. The number of urea groups is 1. The van der Waals surface area contributed by atoms with Crippen LogP contribution in [0.15, 0.2) is 23.1 Å². The number of ether oxygens (including phenoxy) is 1. The van der Waals surface area contributed by atoms with Crippen molar-refractivity contribution in [3.8, 4) is 5.75 Å². The number of unbranched alkanes of at least 4 members (excludes halogenated alkanes) is 1. The van der Waals surface area contributed by atoms with Gasteiger partial charge in [0, 0.05) is 26.3 Å². The third-order valence-corrected chi connectivity index (χ3v) is 5.36. The van der Waals surface area contributed by atoms with E-state index in [0.29, 0.717) is 18.8 Å². The van der Waals surface area contributed by atoms with E-state index in [1.54, 1.807) is 13.0 Å². The van der Waals surface area contributed by atoms with Crippen molar-refractivity contribution in [3.63, 3.8) is 0 Å². The number of amides is 3. The number of anilines is 1. The molecular formula is C17H28N4O5S. The van der Waals surface area contributed by atoms with Gasteiger partial charge in [0.2, 0.25) is 15.9 Å². The van der Waals surface area contributed by atoms with Gasteiger partial charge in [0.25, 0.3) is 0 Å². The first-order valence-electron chi connectivity index (χ1n) is 8.73. The van der Waals surface area contributed by atoms with Gasteiger partial charge in [-0.2, -0.15) is 0 Å². The molecule has 1 rings (SSSR count). The van der Waals surface area contributed by atoms with Crippen LogP contribution in [0.3, 0.4) is 0 Å². The Morgan fingerprint density at radius 2 is 1.89 bits per heavy atom. The molecule has 0 aromatic heterocycles. The van der Waals surface area contributed by atoms with Crippen LogP contribution in [0.4, 0.5) is 10.5 Å². The number of hydrogen-bond donors (Lipinski definition) is 3. The maximum absolute atomic E-state index is 12.5. The second-order valence-electron chi connectivity index (χ2n) is 5.89. The highest BCUT2D eigenvalue weighted by Crippen LogP contribution is 2.29. The van der Waals surface area contributed by atoms with E-state index in [0.717, 1.165) is 17.1 Å². The van der Waals surface area contributed by atoms with Gasteiger partial charge in [-0.05, 0) is 31.5 Å². The Morgan fingerprint density at radius 1 is 1.19 bits per heavy atom. The highest BCUT2D eigenvalue weighted by atomic mass is 32.2. The number of nitrogens with one attached hydrogen (secondary N) is 3. The van der Waals surface area contributed by atoms with Gasteiger partial charge in [-0.25, -0.2) is 17.5 Å². The minimum absolute atomic E-state index is 0.00272. The molecule has 10 heteroatoms. The number of benzene rings is 1. The average Bonchev–Trinajstić information content (AvgIpc) is 2.61. The first-order valence-corrected chi connectivity index (χ1v) is 10.2. The normalized spacial score (nSPS) is 11.1. The van der Waals surface area contributed by atoms with Gasteiger partial charge in [-0.15, -0.1) is 0 Å². The van der Waals surface area contributed by atoms with Crippen LogP contribution in [0.1, 0.15) is 26.7 Å². The van der Waals surface area contributed by atoms with E-state index in [1.807, 2.05) is 6.92 Å². The maximum Gasteiger partial charge on any atom is 0.321 e. The molecule has 152 valence electrons. The largest absolute Gasteiger partial charge is 0.492 e. The summed E-state index contributed by atoms with van der Waals surface area (Å²) in [6, 6.07) is 3.97. The average molecular weight is 401 g/mol. The highest BCUT2D eigenvalue weighted by Gasteiger charge is 2.23. The smallest absolute Gasteiger partial charge is 0.321 e. The van der Waals surface area contributed by atoms with E-state index in [2.05, 4.69) is 16.0 Å². The summed E-state index contributed by atoms with van der Waals surface area (Å²) in [7, 11) is -0.866. The van der Waals surface area contributed by atoms with Gasteiger partial charge < -0.3 is 15.4 Å². The molecule has 0 aliphatic rings. The van der Waals surface area contributed by atoms with E-state index in [-0.39, 0.29) is 17.2 Å². The van der Waals surface area contributed by atoms with Gasteiger partial charge >= 0.3 is 6.03 Å². The molecule has 0 atom stereocenters. The Hall–Kier alpha value is -2.33. The number of carbonyl (C=O) groups is 2. The van der Waals surface area contributed by atoms with Crippen molar-refractivity contribution in [2.24, 2.45) is 0 Å². The highest BCUT2D eigenvalue weighted by molar-refractivity contribution is 7.89. The van der Waals surface area contributed by atoms with Crippen LogP contribution in [0.25, 0.3) is 0 Å². The first kappa shape index (κ1) is 22.7. The van der Waals surface area contributed by atoms with Crippen molar-refractivity contribution < 1.29 is 22.7 Å². The molecule has 0 aliphatic carbocycles. The van der Waals surface area contributed by atoms with Crippen LogP contribution in [0.5, 0.6) is 5.75 Å². The van der Waals surface area contributed by atoms with Crippen molar-refractivity contribution in [3.05, 3.63) is 18.2 Å². The first-order chi connectivity index (χ1) is 12.7. The Bertz CT molecular complexity index is 750. The molecule has 0 saturated heterocycles. The minimum atomic E-state index is -3.72. The van der Waals surface area contributed by atoms with Gasteiger partial charge in [-0.1, -0.05) is 13.3 Å². The molecular weight excluding hydrogens is 372 g/mol. The van der Waals surface area contributed by atoms with Gasteiger partial charge in [0.1, 0.15) is 10.6 Å². The van der Waals surface area contributed by atoms with Crippen LogP contribution in [0, 0.1) is 0 Å². The van der Waals surface area contributed by atoms with Crippen LogP contribution >= 0.6 is 0 Å². The van der Waals surface area contributed by atoms with Crippen molar-refractivity contribution in [1.82, 2.24) is 14.9 Å². The quantitative estimate of drug-likeness (QED) is 0.511. The number of imide groups is 1. The number of hydrogen-bond acceptors (Lipinski definition) is 6. The van der Waals surface area contributed by atoms with E-state index in [9.17, 15) is 18.0 Å². The molecule has 0 unspecified atom stereocenters. The third-order valence-electron chi connectivity index (χ3n) is 3.52. The van der Waals surface area contributed by atoms with E-state index in [4.69, 9.17) is 4.74 Å². The van der Waals surface area contributed by atoms with Crippen molar-refractivity contribution >= 4 is 27.6 Å². The zero-order valence-electron chi connectivity index (χ0n) is 16.2. The molecule has 0 bridgehead atoms. The number of sulfonamides is 1. The molecule has 0 fully saturated rings. The molecule has 3 N–H and O–H groups in total. The van der Waals surface area contributed by atoms with Crippen LogP contribution in [-0.4, -0.2) is 58.5 Å². The summed E-state index contributed by atoms with van der Waals surface area (Å²) in [4.78, 5) is 23.4. The molecule has 0 radical (unpaired) electrons. The third kappa shape index (κ3) is 7.06. The fourth-order valence-corrected chi connectivity index (χ4v) is 3.12.